The highest BCUT2D eigenvalue weighted by Crippen LogP contribution is 2.37. The smallest absolute Gasteiger partial charge is 0.338 e. The summed E-state index contributed by atoms with van der Waals surface area (Å²) in [5.74, 6) is -4.48. The number of aliphatic hydroxyl groups is 3. The molecule has 0 heterocycles. The van der Waals surface area contributed by atoms with Gasteiger partial charge in [0.15, 0.2) is 22.8 Å². The molecule has 0 radical (unpaired) electrons. The van der Waals surface area contributed by atoms with Gasteiger partial charge in [-0.25, -0.2) is 9.59 Å². The molecule has 6 N–H and O–H groups in total. The maximum Gasteiger partial charge on any atom is 0.338 e. The van der Waals surface area contributed by atoms with Gasteiger partial charge in [0.2, 0.25) is 0 Å². The largest absolute Gasteiger partial charge is 0.504 e. The molecule has 1 aliphatic rings. The maximum absolute atomic E-state index is 12.3. The molecule has 0 amide bonds. The molecule has 1 fully saturated rings. The second kappa shape index (κ2) is 8.63. The Kier molecular flexibility index (Phi) is 6.70. The number of aliphatic hydroxyl groups excluding tert-OH is 2. The Hall–Kier alpha value is -2.56. The monoisotopic (exact) mass is 400 g/mol. The number of carbonyl (C=O) groups is 2. The van der Waals surface area contributed by atoms with Crippen molar-refractivity contribution in [1.29, 1.82) is 0 Å². The molecule has 10 nitrogen and oxygen atoms in total. The minimum absolute atomic E-state index is 0.0762. The fourth-order valence-corrected chi connectivity index (χ4v) is 2.90. The number of rotatable bonds is 6. The summed E-state index contributed by atoms with van der Waals surface area (Å²) in [6.45, 7) is 1.96. The van der Waals surface area contributed by atoms with Gasteiger partial charge in [0.25, 0.3) is 0 Å². The van der Waals surface area contributed by atoms with Crippen LogP contribution < -0.4 is 0 Å². The summed E-state index contributed by atoms with van der Waals surface area (Å²) in [6, 6.07) is 1.66. The number of carbonyl (C=O) groups excluding carboxylic acids is 2. The average Bonchev–Trinajstić information content (AvgIpc) is 2.63. The number of benzene rings is 1. The van der Waals surface area contributed by atoms with Crippen LogP contribution in [0.15, 0.2) is 12.1 Å². The van der Waals surface area contributed by atoms with Crippen molar-refractivity contribution in [1.82, 2.24) is 0 Å². The number of unbranched alkanes of at least 4 members (excludes halogenated alkanes) is 1. The summed E-state index contributed by atoms with van der Waals surface area (Å²) in [6.07, 6.45) is -4.26. The molecular formula is C18H24O10. The zero-order valence-corrected chi connectivity index (χ0v) is 15.2. The van der Waals surface area contributed by atoms with Crippen molar-refractivity contribution in [2.45, 2.75) is 56.5 Å². The predicted octanol–water partition coefficient (Wildman–Crippen LogP) is -0.0812. The molecule has 1 aliphatic carbocycles. The van der Waals surface area contributed by atoms with Gasteiger partial charge in [0.1, 0.15) is 12.2 Å². The van der Waals surface area contributed by atoms with Crippen LogP contribution in [0.5, 0.6) is 17.2 Å². The topological polar surface area (TPSA) is 174 Å². The normalized spacial score (nSPS) is 27.2. The molecule has 0 saturated heterocycles. The summed E-state index contributed by atoms with van der Waals surface area (Å²) in [5.41, 5.74) is -2.51. The lowest BCUT2D eigenvalue weighted by Gasteiger charge is -2.40. The van der Waals surface area contributed by atoms with Gasteiger partial charge in [-0.2, -0.15) is 0 Å². The van der Waals surface area contributed by atoms with Crippen LogP contribution in [-0.2, 0) is 14.3 Å². The van der Waals surface area contributed by atoms with Gasteiger partial charge in [0, 0.05) is 12.8 Å². The van der Waals surface area contributed by atoms with Gasteiger partial charge in [0.05, 0.1) is 18.3 Å². The van der Waals surface area contributed by atoms with E-state index >= 15 is 0 Å². The van der Waals surface area contributed by atoms with Crippen molar-refractivity contribution in [3.05, 3.63) is 17.7 Å². The van der Waals surface area contributed by atoms with Gasteiger partial charge >= 0.3 is 11.9 Å². The molecule has 0 unspecified atom stereocenters. The molecule has 0 aliphatic heterocycles. The van der Waals surface area contributed by atoms with E-state index in [4.69, 9.17) is 9.47 Å². The molecule has 0 aromatic heterocycles. The third-order valence-corrected chi connectivity index (χ3v) is 4.54. The second-order valence-corrected chi connectivity index (χ2v) is 6.79. The van der Waals surface area contributed by atoms with Crippen molar-refractivity contribution in [2.75, 3.05) is 6.61 Å². The van der Waals surface area contributed by atoms with Crippen LogP contribution in [0.3, 0.4) is 0 Å². The lowest BCUT2D eigenvalue weighted by atomic mass is 9.79. The quantitative estimate of drug-likeness (QED) is 0.215. The van der Waals surface area contributed by atoms with Crippen molar-refractivity contribution in [3.63, 3.8) is 0 Å². The van der Waals surface area contributed by atoms with E-state index in [9.17, 15) is 40.2 Å². The first-order valence-electron chi connectivity index (χ1n) is 8.80. The van der Waals surface area contributed by atoms with Crippen LogP contribution in [0.4, 0.5) is 0 Å². The van der Waals surface area contributed by atoms with Gasteiger partial charge in [-0.05, 0) is 18.6 Å². The standard InChI is InChI=1S/C18H24O10/c1-2-3-4-27-17(25)18(26)7-12(21)15(23)13(8-18)28-16(24)9-5-10(19)14(22)11(20)6-9/h5-6,12-13,15,19-23,26H,2-4,7-8H2,1H3/t12-,13-,15-,18+/m1/s1. The zero-order valence-electron chi connectivity index (χ0n) is 15.2. The number of hydrogen-bond acceptors (Lipinski definition) is 10. The molecule has 10 heteroatoms. The van der Waals surface area contributed by atoms with Crippen LogP contribution in [0.25, 0.3) is 0 Å². The van der Waals surface area contributed by atoms with E-state index in [-0.39, 0.29) is 12.2 Å². The highest BCUT2D eigenvalue weighted by atomic mass is 16.6. The fraction of sp³-hybridized carbons (Fsp3) is 0.556. The van der Waals surface area contributed by atoms with E-state index in [0.717, 1.165) is 18.6 Å². The lowest BCUT2D eigenvalue weighted by Crippen LogP contribution is -2.57. The molecule has 1 saturated carbocycles. The Morgan fingerprint density at radius 1 is 1.14 bits per heavy atom. The average molecular weight is 400 g/mol. The molecule has 0 bridgehead atoms. The van der Waals surface area contributed by atoms with Crippen LogP contribution in [0, 0.1) is 0 Å². The van der Waals surface area contributed by atoms with E-state index in [1.165, 1.54) is 0 Å². The molecule has 1 aromatic rings. The summed E-state index contributed by atoms with van der Waals surface area (Å²) >= 11 is 0. The van der Waals surface area contributed by atoms with Crippen LogP contribution in [0.2, 0.25) is 0 Å². The first-order valence-corrected chi connectivity index (χ1v) is 8.80. The third-order valence-electron chi connectivity index (χ3n) is 4.54. The summed E-state index contributed by atoms with van der Waals surface area (Å²) in [5, 5.41) is 58.9. The van der Waals surface area contributed by atoms with E-state index in [0.29, 0.717) is 6.42 Å². The minimum Gasteiger partial charge on any atom is -0.504 e. The molecule has 0 spiro atoms. The molecule has 28 heavy (non-hydrogen) atoms. The number of phenolic OH excluding ortho intramolecular Hbond substituents is 3. The maximum atomic E-state index is 12.3. The van der Waals surface area contributed by atoms with Gasteiger partial charge in [-0.15, -0.1) is 0 Å². The SMILES string of the molecule is CCCCOC(=O)[C@]1(O)C[C@@H](O)[C@@H](O)[C@H](OC(=O)c2cc(O)c(O)c(O)c2)C1. The second-order valence-electron chi connectivity index (χ2n) is 6.79. The van der Waals surface area contributed by atoms with Gasteiger partial charge in [-0.3, -0.25) is 0 Å². The number of hydrogen-bond donors (Lipinski definition) is 6. The van der Waals surface area contributed by atoms with Crippen molar-refractivity contribution < 1.29 is 49.7 Å². The third kappa shape index (κ3) is 4.64. The van der Waals surface area contributed by atoms with E-state index in [1.54, 1.807) is 0 Å². The number of phenols is 3. The molecule has 156 valence electrons. The van der Waals surface area contributed by atoms with E-state index in [1.807, 2.05) is 6.92 Å². The Bertz CT molecular complexity index is 710. The van der Waals surface area contributed by atoms with Crippen LogP contribution >= 0.6 is 0 Å². The summed E-state index contributed by atoms with van der Waals surface area (Å²) in [4.78, 5) is 24.4. The van der Waals surface area contributed by atoms with Crippen LogP contribution in [0.1, 0.15) is 43.0 Å². The first-order chi connectivity index (χ1) is 13.1. The highest BCUT2D eigenvalue weighted by molar-refractivity contribution is 5.91. The lowest BCUT2D eigenvalue weighted by molar-refractivity contribution is -0.192. The highest BCUT2D eigenvalue weighted by Gasteiger charge is 2.51. The van der Waals surface area contributed by atoms with Crippen molar-refractivity contribution >= 4 is 11.9 Å². The van der Waals surface area contributed by atoms with Crippen molar-refractivity contribution in [3.8, 4) is 17.2 Å². The zero-order chi connectivity index (χ0) is 21.1. The Labute approximate surface area is 160 Å². The number of esters is 2. The minimum atomic E-state index is -2.16. The first kappa shape index (κ1) is 21.7. The number of aromatic hydroxyl groups is 3. The van der Waals surface area contributed by atoms with E-state index < -0.39 is 65.9 Å². The molecule has 1 aromatic carbocycles. The fourth-order valence-electron chi connectivity index (χ4n) is 2.90. The Balaban J connectivity index is 2.14. The Morgan fingerprint density at radius 2 is 1.75 bits per heavy atom. The van der Waals surface area contributed by atoms with Crippen molar-refractivity contribution in [2.24, 2.45) is 0 Å². The molecule has 2 rings (SSSR count). The van der Waals surface area contributed by atoms with Gasteiger partial charge in [-0.1, -0.05) is 13.3 Å². The van der Waals surface area contributed by atoms with Gasteiger partial charge < -0.3 is 40.1 Å². The number of ether oxygens (including phenoxy) is 2. The Morgan fingerprint density at radius 3 is 2.32 bits per heavy atom. The van der Waals surface area contributed by atoms with E-state index in [2.05, 4.69) is 0 Å². The molecular weight excluding hydrogens is 376 g/mol. The predicted molar refractivity (Wildman–Crippen MR) is 92.7 cm³/mol. The van der Waals surface area contributed by atoms with Crippen LogP contribution in [-0.4, -0.2) is 73.1 Å². The summed E-state index contributed by atoms with van der Waals surface area (Å²) in [7, 11) is 0. The summed E-state index contributed by atoms with van der Waals surface area (Å²) < 4.78 is 10.0. The molecule has 4 atom stereocenters.